The highest BCUT2D eigenvalue weighted by Crippen LogP contribution is 2.32. The van der Waals surface area contributed by atoms with E-state index in [0.29, 0.717) is 6.08 Å². The first-order chi connectivity index (χ1) is 14.3. The van der Waals surface area contributed by atoms with Gasteiger partial charge in [-0.05, 0) is 12.0 Å². The summed E-state index contributed by atoms with van der Waals surface area (Å²) in [4.78, 5) is 22.6. The molecule has 2 heterocycles. The topological polar surface area (TPSA) is 218 Å². The van der Waals surface area contributed by atoms with Gasteiger partial charge in [0.05, 0.1) is 25.4 Å². The van der Waals surface area contributed by atoms with E-state index in [2.05, 4.69) is 9.50 Å². The molecule has 0 bridgehead atoms. The molecule has 0 saturated carbocycles. The highest BCUT2D eigenvalue weighted by molar-refractivity contribution is 7.80. The standard InChI is InChI=1S/C16H25NO13S/c1-6-8(11(4-18)28-15(23)12(6)17-7(2)19)5-27-16-13(30-31(24,25)26)9(20)3-10(29-16)14(21)22/h3,6,8-9,11-13,15-16,18,20,23H,4-5H2,1-2H3,(H,17,19)(H,21,22)(H,24,25,26)/t6-,8-,9-,11+,12+,13+,15?,16+/m0/s1. The second-order valence-corrected chi connectivity index (χ2v) is 8.18. The molecule has 2 rings (SSSR count). The summed E-state index contributed by atoms with van der Waals surface area (Å²) < 4.78 is 51.3. The number of carboxylic acid groups (broad SMARTS) is 1. The maximum atomic E-state index is 11.4. The van der Waals surface area contributed by atoms with Crippen molar-refractivity contribution in [3.05, 3.63) is 11.8 Å². The Morgan fingerprint density at radius 1 is 1.29 bits per heavy atom. The van der Waals surface area contributed by atoms with Gasteiger partial charge in [-0.3, -0.25) is 9.35 Å². The van der Waals surface area contributed by atoms with E-state index in [1.165, 1.54) is 6.92 Å². The Morgan fingerprint density at radius 3 is 2.45 bits per heavy atom. The Labute approximate surface area is 177 Å². The van der Waals surface area contributed by atoms with Gasteiger partial charge in [-0.15, -0.1) is 0 Å². The van der Waals surface area contributed by atoms with E-state index in [9.17, 15) is 33.3 Å². The lowest BCUT2D eigenvalue weighted by molar-refractivity contribution is -0.250. The van der Waals surface area contributed by atoms with Gasteiger partial charge < -0.3 is 40.0 Å². The van der Waals surface area contributed by atoms with Crippen LogP contribution in [0.5, 0.6) is 0 Å². The van der Waals surface area contributed by atoms with Crippen LogP contribution in [-0.4, -0.2) is 95.4 Å². The first-order valence-electron chi connectivity index (χ1n) is 9.12. The second kappa shape index (κ2) is 10.2. The molecule has 31 heavy (non-hydrogen) atoms. The van der Waals surface area contributed by atoms with E-state index in [4.69, 9.17) is 23.9 Å². The van der Waals surface area contributed by atoms with Crippen molar-refractivity contribution in [2.75, 3.05) is 13.2 Å². The van der Waals surface area contributed by atoms with Gasteiger partial charge in [-0.2, -0.15) is 8.42 Å². The maximum Gasteiger partial charge on any atom is 0.397 e. The lowest BCUT2D eigenvalue weighted by Crippen LogP contribution is -2.59. The number of ether oxygens (including phenoxy) is 3. The molecule has 178 valence electrons. The van der Waals surface area contributed by atoms with Crippen LogP contribution >= 0.6 is 0 Å². The van der Waals surface area contributed by atoms with Gasteiger partial charge in [-0.25, -0.2) is 8.98 Å². The molecule has 0 aromatic carbocycles. The fourth-order valence-electron chi connectivity index (χ4n) is 3.45. The van der Waals surface area contributed by atoms with E-state index in [1.54, 1.807) is 6.92 Å². The van der Waals surface area contributed by atoms with Crippen molar-refractivity contribution in [3.63, 3.8) is 0 Å². The monoisotopic (exact) mass is 471 g/mol. The van der Waals surface area contributed by atoms with Crippen LogP contribution < -0.4 is 5.32 Å². The minimum atomic E-state index is -5.07. The molecule has 1 amide bonds. The summed E-state index contributed by atoms with van der Waals surface area (Å²) in [6, 6.07) is -0.869. The average molecular weight is 471 g/mol. The number of hydrogen-bond acceptors (Lipinski definition) is 11. The van der Waals surface area contributed by atoms with E-state index < -0.39 is 83.4 Å². The Kier molecular flexibility index (Phi) is 8.34. The van der Waals surface area contributed by atoms with Crippen LogP contribution in [0, 0.1) is 11.8 Å². The van der Waals surface area contributed by atoms with E-state index in [1.807, 2.05) is 0 Å². The third-order valence-corrected chi connectivity index (χ3v) is 5.42. The van der Waals surface area contributed by atoms with E-state index in [0.717, 1.165) is 0 Å². The molecule has 6 N–H and O–H groups in total. The smallest absolute Gasteiger partial charge is 0.397 e. The lowest BCUT2D eigenvalue weighted by Gasteiger charge is -2.44. The van der Waals surface area contributed by atoms with Gasteiger partial charge in [0.1, 0.15) is 6.10 Å². The van der Waals surface area contributed by atoms with Crippen LogP contribution in [0.1, 0.15) is 13.8 Å². The van der Waals surface area contributed by atoms with Crippen molar-refractivity contribution >= 4 is 22.3 Å². The minimum absolute atomic E-state index is 0.356. The van der Waals surface area contributed by atoms with E-state index in [-0.39, 0.29) is 6.61 Å². The number of amides is 1. The lowest BCUT2D eigenvalue weighted by atomic mass is 9.81. The molecule has 8 atom stereocenters. The molecular formula is C16H25NO13S. The molecule has 0 aliphatic carbocycles. The van der Waals surface area contributed by atoms with E-state index >= 15 is 0 Å². The predicted octanol–water partition coefficient (Wildman–Crippen LogP) is -2.66. The van der Waals surface area contributed by atoms with Gasteiger partial charge in [-0.1, -0.05) is 6.92 Å². The van der Waals surface area contributed by atoms with Crippen LogP contribution in [-0.2, 0) is 38.4 Å². The fourth-order valence-corrected chi connectivity index (χ4v) is 3.93. The third-order valence-electron chi connectivity index (χ3n) is 4.96. The normalized spacial score (nSPS) is 36.3. The minimum Gasteiger partial charge on any atom is -0.475 e. The Balaban J connectivity index is 2.21. The van der Waals surface area contributed by atoms with Crippen molar-refractivity contribution in [2.24, 2.45) is 11.8 Å². The number of carbonyl (C=O) groups excluding carboxylic acids is 1. The first-order valence-corrected chi connectivity index (χ1v) is 10.5. The first kappa shape index (κ1) is 25.4. The molecule has 1 unspecified atom stereocenters. The summed E-state index contributed by atoms with van der Waals surface area (Å²) in [5, 5.41) is 41.3. The summed E-state index contributed by atoms with van der Waals surface area (Å²) in [7, 11) is -5.07. The van der Waals surface area contributed by atoms with Gasteiger partial charge in [0.15, 0.2) is 12.4 Å². The number of aliphatic hydroxyl groups is 3. The SMILES string of the molecule is CC(=O)N[C@H]1C(O)O[C@H](CO)[C@@H](CO[C@@H]2OC(C(=O)O)=C[C@H](O)[C@H]2OS(=O)(=O)O)[C@@H]1C. The van der Waals surface area contributed by atoms with Gasteiger partial charge in [0, 0.05) is 12.8 Å². The Morgan fingerprint density at radius 2 is 1.94 bits per heavy atom. The number of carboxylic acids is 1. The zero-order valence-electron chi connectivity index (χ0n) is 16.5. The molecule has 0 aromatic rings. The fraction of sp³-hybridized carbons (Fsp3) is 0.750. The average Bonchev–Trinajstić information content (AvgIpc) is 2.64. The zero-order valence-corrected chi connectivity index (χ0v) is 17.3. The highest BCUT2D eigenvalue weighted by Gasteiger charge is 2.45. The van der Waals surface area contributed by atoms with Crippen LogP contribution in [0.25, 0.3) is 0 Å². The molecule has 0 aromatic heterocycles. The largest absolute Gasteiger partial charge is 0.475 e. The van der Waals surface area contributed by atoms with Crippen molar-refractivity contribution in [3.8, 4) is 0 Å². The van der Waals surface area contributed by atoms with Crippen LogP contribution in [0.15, 0.2) is 11.8 Å². The zero-order chi connectivity index (χ0) is 23.5. The number of aliphatic carboxylic acids is 1. The molecule has 15 heteroatoms. The molecule has 1 saturated heterocycles. The number of rotatable bonds is 8. The number of nitrogens with one attached hydrogen (secondary N) is 1. The molecule has 14 nitrogen and oxygen atoms in total. The maximum absolute atomic E-state index is 11.4. The summed E-state index contributed by atoms with van der Waals surface area (Å²) in [5.74, 6) is -4.00. The van der Waals surface area contributed by atoms with Crippen molar-refractivity contribution in [2.45, 2.75) is 50.8 Å². The van der Waals surface area contributed by atoms with Crippen molar-refractivity contribution in [1.82, 2.24) is 5.32 Å². The molecular weight excluding hydrogens is 446 g/mol. The second-order valence-electron chi connectivity index (χ2n) is 7.13. The van der Waals surface area contributed by atoms with Gasteiger partial charge >= 0.3 is 16.4 Å². The summed E-state index contributed by atoms with van der Waals surface area (Å²) in [5.41, 5.74) is 0. The van der Waals surface area contributed by atoms with Gasteiger partial charge in [0.25, 0.3) is 0 Å². The molecule has 2 aliphatic heterocycles. The van der Waals surface area contributed by atoms with Gasteiger partial charge in [0.2, 0.25) is 18.0 Å². The molecule has 0 radical (unpaired) electrons. The van der Waals surface area contributed by atoms with Crippen LogP contribution in [0.3, 0.4) is 0 Å². The summed E-state index contributed by atoms with van der Waals surface area (Å²) in [6.07, 6.45) is -7.16. The van der Waals surface area contributed by atoms with Crippen molar-refractivity contribution in [1.29, 1.82) is 0 Å². The van der Waals surface area contributed by atoms with Crippen LogP contribution in [0.4, 0.5) is 0 Å². The predicted molar refractivity (Wildman–Crippen MR) is 97.2 cm³/mol. The molecule has 2 aliphatic rings. The highest BCUT2D eigenvalue weighted by atomic mass is 32.3. The Bertz CT molecular complexity index is 799. The summed E-state index contributed by atoms with van der Waals surface area (Å²) in [6.45, 7) is 1.97. The summed E-state index contributed by atoms with van der Waals surface area (Å²) >= 11 is 0. The van der Waals surface area contributed by atoms with Crippen molar-refractivity contribution < 1.29 is 61.4 Å². The Hall–Kier alpha value is -1.85. The third kappa shape index (κ3) is 6.56. The molecule has 1 fully saturated rings. The van der Waals surface area contributed by atoms with Crippen LogP contribution in [0.2, 0.25) is 0 Å². The molecule has 0 spiro atoms. The number of carbonyl (C=O) groups is 2. The quantitative estimate of drug-likeness (QED) is 0.199. The number of aliphatic hydroxyl groups excluding tert-OH is 3. The number of hydrogen-bond donors (Lipinski definition) is 6.